The zero-order chi connectivity index (χ0) is 21.3. The summed E-state index contributed by atoms with van der Waals surface area (Å²) in [6.45, 7) is 9.12. The summed E-state index contributed by atoms with van der Waals surface area (Å²) in [5.41, 5.74) is 3.28. The number of carbonyl (C=O) groups excluding carboxylic acids is 1. The lowest BCUT2D eigenvalue weighted by molar-refractivity contribution is 0.0747. The van der Waals surface area contributed by atoms with E-state index in [-0.39, 0.29) is 5.91 Å². The van der Waals surface area contributed by atoms with Crippen LogP contribution in [-0.4, -0.2) is 43.4 Å². The van der Waals surface area contributed by atoms with Gasteiger partial charge < -0.3 is 9.32 Å². The van der Waals surface area contributed by atoms with Crippen LogP contribution in [0.25, 0.3) is 17.3 Å². The molecule has 0 bridgehead atoms. The molecule has 1 fully saturated rings. The summed E-state index contributed by atoms with van der Waals surface area (Å²) in [6, 6.07) is 10.0. The fourth-order valence-electron chi connectivity index (χ4n) is 3.93. The molecular formula is C23H29N5O2. The van der Waals surface area contributed by atoms with Gasteiger partial charge in [0, 0.05) is 30.8 Å². The van der Waals surface area contributed by atoms with Crippen LogP contribution in [0, 0.1) is 12.8 Å². The summed E-state index contributed by atoms with van der Waals surface area (Å²) >= 11 is 0. The van der Waals surface area contributed by atoms with E-state index < -0.39 is 0 Å². The Morgan fingerprint density at radius 3 is 2.77 bits per heavy atom. The number of nitrogens with zero attached hydrogens (tertiary/aromatic N) is 5. The van der Waals surface area contributed by atoms with Gasteiger partial charge in [0.1, 0.15) is 5.69 Å². The monoisotopic (exact) mass is 407 g/mol. The van der Waals surface area contributed by atoms with Crippen LogP contribution >= 0.6 is 0 Å². The van der Waals surface area contributed by atoms with Gasteiger partial charge >= 0.3 is 0 Å². The molecule has 0 N–H and O–H groups in total. The van der Waals surface area contributed by atoms with Gasteiger partial charge in [0.2, 0.25) is 5.89 Å². The Bertz CT molecular complexity index is 1040. The first-order valence-corrected chi connectivity index (χ1v) is 10.7. The Labute approximate surface area is 177 Å². The summed E-state index contributed by atoms with van der Waals surface area (Å²) in [7, 11) is 0. The Morgan fingerprint density at radius 2 is 2.10 bits per heavy atom. The van der Waals surface area contributed by atoms with Crippen molar-refractivity contribution in [2.75, 3.05) is 6.54 Å². The van der Waals surface area contributed by atoms with Crippen molar-refractivity contribution in [1.29, 1.82) is 0 Å². The summed E-state index contributed by atoms with van der Waals surface area (Å²) in [4.78, 5) is 15.0. The zero-order valence-electron chi connectivity index (χ0n) is 18.1. The molecule has 1 saturated heterocycles. The third-order valence-corrected chi connectivity index (χ3v) is 5.66. The minimum atomic E-state index is 0.0884. The third kappa shape index (κ3) is 4.15. The van der Waals surface area contributed by atoms with Crippen LogP contribution in [0.1, 0.15) is 62.0 Å². The van der Waals surface area contributed by atoms with Crippen LogP contribution in [0.4, 0.5) is 0 Å². The fourth-order valence-corrected chi connectivity index (χ4v) is 3.93. The second-order valence-electron chi connectivity index (χ2n) is 8.53. The van der Waals surface area contributed by atoms with Crippen molar-refractivity contribution >= 4 is 5.91 Å². The molecule has 0 unspecified atom stereocenters. The number of amides is 1. The molecule has 0 aliphatic carbocycles. The van der Waals surface area contributed by atoms with Crippen LogP contribution in [0.15, 0.2) is 34.7 Å². The molecule has 158 valence electrons. The quantitative estimate of drug-likeness (QED) is 0.603. The second kappa shape index (κ2) is 8.42. The number of hydrogen-bond acceptors (Lipinski definition) is 5. The SMILES string of the molecule is Cc1nnc(-c2cc(CCC(C)C)n(-c3cccc(C(=O)N4CCC[C@@H]4C)c3)n2)o1. The maximum absolute atomic E-state index is 13.0. The average molecular weight is 408 g/mol. The smallest absolute Gasteiger partial charge is 0.268 e. The summed E-state index contributed by atoms with van der Waals surface area (Å²) < 4.78 is 7.49. The van der Waals surface area contributed by atoms with Gasteiger partial charge in [-0.3, -0.25) is 4.79 Å². The predicted molar refractivity (Wildman–Crippen MR) is 114 cm³/mol. The molecule has 1 aromatic carbocycles. The van der Waals surface area contributed by atoms with E-state index in [0.29, 0.717) is 35.0 Å². The van der Waals surface area contributed by atoms with Crippen molar-refractivity contribution in [2.24, 2.45) is 5.92 Å². The summed E-state index contributed by atoms with van der Waals surface area (Å²) in [5.74, 6) is 1.59. The highest BCUT2D eigenvalue weighted by Gasteiger charge is 2.26. The zero-order valence-corrected chi connectivity index (χ0v) is 18.1. The van der Waals surface area contributed by atoms with Gasteiger partial charge in [-0.1, -0.05) is 19.9 Å². The van der Waals surface area contributed by atoms with E-state index in [9.17, 15) is 4.79 Å². The van der Waals surface area contributed by atoms with Crippen molar-refractivity contribution in [3.8, 4) is 17.3 Å². The van der Waals surface area contributed by atoms with E-state index in [0.717, 1.165) is 43.6 Å². The number of aryl methyl sites for hydroxylation is 2. The van der Waals surface area contributed by atoms with Gasteiger partial charge in [-0.05, 0) is 62.8 Å². The first-order chi connectivity index (χ1) is 14.4. The molecule has 7 nitrogen and oxygen atoms in total. The van der Waals surface area contributed by atoms with E-state index in [1.165, 1.54) is 0 Å². The number of likely N-dealkylation sites (tertiary alicyclic amines) is 1. The standard InChI is InChI=1S/C23H29N5O2/c1-15(2)10-11-20-14-21(22-25-24-17(4)30-22)26-28(20)19-9-5-8-18(13-19)23(29)27-12-6-7-16(27)3/h5,8-9,13-16H,6-7,10-12H2,1-4H3/t16-/m0/s1. The molecule has 30 heavy (non-hydrogen) atoms. The molecule has 1 amide bonds. The van der Waals surface area contributed by atoms with E-state index >= 15 is 0 Å². The molecule has 1 aliphatic rings. The molecule has 0 radical (unpaired) electrons. The van der Waals surface area contributed by atoms with Gasteiger partial charge in [-0.15, -0.1) is 10.2 Å². The summed E-state index contributed by atoms with van der Waals surface area (Å²) in [5, 5.41) is 12.8. The minimum absolute atomic E-state index is 0.0884. The maximum Gasteiger partial charge on any atom is 0.268 e. The molecular weight excluding hydrogens is 378 g/mol. The molecule has 3 aromatic rings. The van der Waals surface area contributed by atoms with Crippen molar-refractivity contribution in [1.82, 2.24) is 24.9 Å². The molecule has 0 spiro atoms. The number of rotatable bonds is 6. The molecule has 1 atom stereocenters. The van der Waals surface area contributed by atoms with Gasteiger partial charge in [0.25, 0.3) is 11.8 Å². The maximum atomic E-state index is 13.0. The van der Waals surface area contributed by atoms with E-state index in [2.05, 4.69) is 31.0 Å². The molecule has 2 aromatic heterocycles. The van der Waals surface area contributed by atoms with E-state index in [1.807, 2.05) is 39.9 Å². The van der Waals surface area contributed by atoms with Gasteiger partial charge in [0.05, 0.1) is 5.69 Å². The van der Waals surface area contributed by atoms with E-state index in [1.54, 1.807) is 6.92 Å². The van der Waals surface area contributed by atoms with Gasteiger partial charge in [-0.25, -0.2) is 4.68 Å². The minimum Gasteiger partial charge on any atom is -0.420 e. The first-order valence-electron chi connectivity index (χ1n) is 10.7. The van der Waals surface area contributed by atoms with Crippen LogP contribution < -0.4 is 0 Å². The Morgan fingerprint density at radius 1 is 1.27 bits per heavy atom. The molecule has 0 saturated carbocycles. The topological polar surface area (TPSA) is 77.1 Å². The Kier molecular flexibility index (Phi) is 5.70. The lowest BCUT2D eigenvalue weighted by Gasteiger charge is -2.21. The fraction of sp³-hybridized carbons (Fsp3) is 0.478. The first kappa shape index (κ1) is 20.3. The van der Waals surface area contributed by atoms with Crippen LogP contribution in [-0.2, 0) is 6.42 Å². The number of benzene rings is 1. The normalized spacial score (nSPS) is 16.6. The van der Waals surface area contributed by atoms with Crippen LogP contribution in [0.2, 0.25) is 0 Å². The van der Waals surface area contributed by atoms with Crippen molar-refractivity contribution in [2.45, 2.75) is 59.4 Å². The lowest BCUT2D eigenvalue weighted by Crippen LogP contribution is -2.33. The van der Waals surface area contributed by atoms with Gasteiger partial charge in [0.15, 0.2) is 0 Å². The largest absolute Gasteiger partial charge is 0.420 e. The van der Waals surface area contributed by atoms with Crippen LogP contribution in [0.3, 0.4) is 0 Å². The molecule has 4 rings (SSSR count). The van der Waals surface area contributed by atoms with Gasteiger partial charge in [-0.2, -0.15) is 5.10 Å². The lowest BCUT2D eigenvalue weighted by atomic mass is 10.1. The summed E-state index contributed by atoms with van der Waals surface area (Å²) in [6.07, 6.45) is 4.05. The highest BCUT2D eigenvalue weighted by molar-refractivity contribution is 5.95. The highest BCUT2D eigenvalue weighted by Crippen LogP contribution is 2.25. The third-order valence-electron chi connectivity index (χ3n) is 5.66. The molecule has 3 heterocycles. The Hall–Kier alpha value is -2.96. The number of carbonyl (C=O) groups is 1. The van der Waals surface area contributed by atoms with Crippen LogP contribution in [0.5, 0.6) is 0 Å². The second-order valence-corrected chi connectivity index (χ2v) is 8.53. The molecule has 7 heteroatoms. The number of aromatic nitrogens is 4. The predicted octanol–water partition coefficient (Wildman–Crippen LogP) is 4.44. The van der Waals surface area contributed by atoms with E-state index in [4.69, 9.17) is 9.52 Å². The van der Waals surface area contributed by atoms with Crippen molar-refractivity contribution in [3.63, 3.8) is 0 Å². The Balaban J connectivity index is 1.69. The average Bonchev–Trinajstić information content (AvgIpc) is 3.45. The van der Waals surface area contributed by atoms with Crippen molar-refractivity contribution in [3.05, 3.63) is 47.5 Å². The molecule has 1 aliphatic heterocycles. The highest BCUT2D eigenvalue weighted by atomic mass is 16.4. The van der Waals surface area contributed by atoms with Crippen molar-refractivity contribution < 1.29 is 9.21 Å². The number of hydrogen-bond donors (Lipinski definition) is 0.